The Bertz CT molecular complexity index is 930. The molecule has 0 amide bonds. The van der Waals surface area contributed by atoms with Gasteiger partial charge in [0.1, 0.15) is 25.3 Å². The van der Waals surface area contributed by atoms with E-state index in [-0.39, 0.29) is 13.2 Å². The van der Waals surface area contributed by atoms with Crippen molar-refractivity contribution >= 4 is 11.9 Å². The summed E-state index contributed by atoms with van der Waals surface area (Å²) < 4.78 is 10.7. The van der Waals surface area contributed by atoms with Gasteiger partial charge in [-0.1, -0.05) is 78.9 Å². The summed E-state index contributed by atoms with van der Waals surface area (Å²) in [5.74, 6) is -0.921. The smallest absolute Gasteiger partial charge is 0.323 e. The highest BCUT2D eigenvalue weighted by atomic mass is 16.5. The topological polar surface area (TPSA) is 105 Å². The van der Waals surface area contributed by atoms with E-state index in [2.05, 4.69) is 0 Å². The third-order valence-corrected chi connectivity index (χ3v) is 4.96. The lowest BCUT2D eigenvalue weighted by atomic mass is 10.1. The summed E-state index contributed by atoms with van der Waals surface area (Å²) >= 11 is 0. The van der Waals surface area contributed by atoms with Gasteiger partial charge in [-0.3, -0.25) is 9.59 Å². The number of benzene rings is 3. The lowest BCUT2D eigenvalue weighted by molar-refractivity contribution is -0.147. The Morgan fingerprint density at radius 3 is 1.38 bits per heavy atom. The molecule has 32 heavy (non-hydrogen) atoms. The fourth-order valence-electron chi connectivity index (χ4n) is 3.23. The van der Waals surface area contributed by atoms with Crippen molar-refractivity contribution in [1.82, 2.24) is 0 Å². The second-order valence-corrected chi connectivity index (χ2v) is 7.63. The van der Waals surface area contributed by atoms with Gasteiger partial charge in [-0.05, 0) is 41.2 Å². The van der Waals surface area contributed by atoms with Gasteiger partial charge in [-0.25, -0.2) is 0 Å². The Kier molecular flexibility index (Phi) is 8.54. The van der Waals surface area contributed by atoms with Gasteiger partial charge in [-0.2, -0.15) is 0 Å². The van der Waals surface area contributed by atoms with Crippen LogP contribution in [0.25, 0.3) is 0 Å². The molecule has 0 aromatic heterocycles. The van der Waals surface area contributed by atoms with E-state index in [1.54, 1.807) is 0 Å². The van der Waals surface area contributed by atoms with Crippen LogP contribution in [-0.4, -0.2) is 24.0 Å². The largest absolute Gasteiger partial charge is 0.460 e. The molecule has 0 aliphatic heterocycles. The van der Waals surface area contributed by atoms with Crippen molar-refractivity contribution in [2.24, 2.45) is 11.5 Å². The molecule has 2 atom stereocenters. The normalized spacial score (nSPS) is 12.6. The second kappa shape index (κ2) is 11.8. The van der Waals surface area contributed by atoms with E-state index in [9.17, 15) is 9.59 Å². The molecule has 0 aliphatic rings. The van der Waals surface area contributed by atoms with Crippen molar-refractivity contribution < 1.29 is 19.1 Å². The maximum Gasteiger partial charge on any atom is 0.323 e. The van der Waals surface area contributed by atoms with E-state index in [4.69, 9.17) is 20.9 Å². The van der Waals surface area contributed by atoms with Crippen LogP contribution in [0.4, 0.5) is 0 Å². The quantitative estimate of drug-likeness (QED) is 0.477. The zero-order valence-electron chi connectivity index (χ0n) is 17.9. The molecule has 0 saturated heterocycles. The summed E-state index contributed by atoms with van der Waals surface area (Å²) in [5.41, 5.74) is 15.5. The van der Waals surface area contributed by atoms with E-state index in [1.165, 1.54) is 0 Å². The molecule has 3 aromatic rings. The van der Waals surface area contributed by atoms with Crippen LogP contribution in [0.1, 0.15) is 22.3 Å². The van der Waals surface area contributed by atoms with E-state index in [0.717, 1.165) is 22.3 Å². The summed E-state index contributed by atoms with van der Waals surface area (Å²) in [6.45, 7) is 0.188. The van der Waals surface area contributed by atoms with Crippen molar-refractivity contribution in [2.75, 3.05) is 0 Å². The van der Waals surface area contributed by atoms with Gasteiger partial charge in [0.25, 0.3) is 0 Å². The molecule has 0 bridgehead atoms. The zero-order chi connectivity index (χ0) is 22.8. The van der Waals surface area contributed by atoms with Gasteiger partial charge in [0, 0.05) is 0 Å². The molecule has 3 aromatic carbocycles. The summed E-state index contributed by atoms with van der Waals surface area (Å²) in [4.78, 5) is 24.4. The predicted molar refractivity (Wildman–Crippen MR) is 122 cm³/mol. The fraction of sp³-hybridized carbons (Fsp3) is 0.231. The standard InChI is InChI=1S/C26H28N2O4/c27-23(15-19-8-3-1-4-9-19)25(29)31-17-21-12-7-13-22(14-21)18-32-26(30)24(28)16-20-10-5-2-6-11-20/h1-14,23-24H,15-18,27-28H2/t23-,24-/m0/s1. The molecule has 0 aliphatic carbocycles. The van der Waals surface area contributed by atoms with E-state index in [0.29, 0.717) is 12.8 Å². The SMILES string of the molecule is N[C@@H](Cc1ccccc1)C(=O)OCc1cccc(COC(=O)[C@@H](N)Cc2ccccc2)c1. The van der Waals surface area contributed by atoms with Crippen molar-refractivity contribution in [2.45, 2.75) is 38.1 Å². The molecule has 0 fully saturated rings. The molecule has 4 N–H and O–H groups in total. The average molecular weight is 433 g/mol. The zero-order valence-corrected chi connectivity index (χ0v) is 17.9. The van der Waals surface area contributed by atoms with Crippen molar-refractivity contribution in [3.8, 4) is 0 Å². The third-order valence-electron chi connectivity index (χ3n) is 4.96. The highest BCUT2D eigenvalue weighted by Gasteiger charge is 2.17. The molecule has 0 heterocycles. The molecule has 0 spiro atoms. The maximum absolute atomic E-state index is 12.2. The number of nitrogens with two attached hydrogens (primary N) is 2. The molecule has 166 valence electrons. The first-order valence-electron chi connectivity index (χ1n) is 10.5. The molecular weight excluding hydrogens is 404 g/mol. The van der Waals surface area contributed by atoms with Gasteiger partial charge in [0.05, 0.1) is 0 Å². The minimum Gasteiger partial charge on any atom is -0.460 e. The number of rotatable bonds is 10. The number of carbonyl (C=O) groups excluding carboxylic acids is 2. The Labute approximate surface area is 188 Å². The Balaban J connectivity index is 1.45. The molecule has 6 nitrogen and oxygen atoms in total. The molecule has 3 rings (SSSR count). The third kappa shape index (κ3) is 7.34. The van der Waals surface area contributed by atoms with Crippen LogP contribution in [0.3, 0.4) is 0 Å². The number of hydrogen-bond donors (Lipinski definition) is 2. The maximum atomic E-state index is 12.2. The van der Waals surface area contributed by atoms with Crippen molar-refractivity contribution in [3.63, 3.8) is 0 Å². The van der Waals surface area contributed by atoms with Crippen molar-refractivity contribution in [1.29, 1.82) is 0 Å². The summed E-state index contributed by atoms with van der Waals surface area (Å²) in [7, 11) is 0. The van der Waals surface area contributed by atoms with Gasteiger partial charge >= 0.3 is 11.9 Å². The second-order valence-electron chi connectivity index (χ2n) is 7.63. The summed E-state index contributed by atoms with van der Waals surface area (Å²) in [6.07, 6.45) is 0.831. The average Bonchev–Trinajstić information content (AvgIpc) is 2.82. The van der Waals surface area contributed by atoms with E-state index >= 15 is 0 Å². The predicted octanol–water partition coefficient (Wildman–Crippen LogP) is 2.91. The lowest BCUT2D eigenvalue weighted by Gasteiger charge is -2.13. The summed E-state index contributed by atoms with van der Waals surface area (Å²) in [5, 5.41) is 0. The Morgan fingerprint density at radius 2 is 0.969 bits per heavy atom. The number of hydrogen-bond acceptors (Lipinski definition) is 6. The van der Waals surface area contributed by atoms with Crippen LogP contribution in [0.5, 0.6) is 0 Å². The Hall–Kier alpha value is -3.48. The molecule has 0 radical (unpaired) electrons. The Morgan fingerprint density at radius 1 is 0.594 bits per heavy atom. The van der Waals surface area contributed by atoms with E-state index < -0.39 is 24.0 Å². The van der Waals surface area contributed by atoms with Gasteiger partial charge in [0.2, 0.25) is 0 Å². The number of ether oxygens (including phenoxy) is 2. The van der Waals surface area contributed by atoms with Crippen LogP contribution in [-0.2, 0) is 45.1 Å². The fourth-order valence-corrected chi connectivity index (χ4v) is 3.23. The van der Waals surface area contributed by atoms with Crippen molar-refractivity contribution in [3.05, 3.63) is 107 Å². The lowest BCUT2D eigenvalue weighted by Crippen LogP contribution is -2.34. The van der Waals surface area contributed by atoms with Gasteiger partial charge < -0.3 is 20.9 Å². The van der Waals surface area contributed by atoms with Gasteiger partial charge in [-0.15, -0.1) is 0 Å². The first-order valence-corrected chi connectivity index (χ1v) is 10.5. The van der Waals surface area contributed by atoms with Crippen LogP contribution in [0.15, 0.2) is 84.9 Å². The van der Waals surface area contributed by atoms with Gasteiger partial charge in [0.15, 0.2) is 0 Å². The number of esters is 2. The molecule has 6 heteroatoms. The van der Waals surface area contributed by atoms with Crippen LogP contribution >= 0.6 is 0 Å². The van der Waals surface area contributed by atoms with Crippen LogP contribution in [0.2, 0.25) is 0 Å². The first kappa shape index (κ1) is 23.2. The molecule has 0 saturated carbocycles. The van der Waals surface area contributed by atoms with Crippen LogP contribution in [0, 0.1) is 0 Å². The summed E-state index contributed by atoms with van der Waals surface area (Å²) in [6, 6.07) is 25.0. The highest BCUT2D eigenvalue weighted by Crippen LogP contribution is 2.11. The first-order chi connectivity index (χ1) is 15.5. The molecular formula is C26H28N2O4. The minimum absolute atomic E-state index is 0.0939. The van der Waals surface area contributed by atoms with E-state index in [1.807, 2.05) is 84.9 Å². The minimum atomic E-state index is -0.729. The van der Waals surface area contributed by atoms with Crippen LogP contribution < -0.4 is 11.5 Å². The highest BCUT2D eigenvalue weighted by molar-refractivity contribution is 5.76. The monoisotopic (exact) mass is 432 g/mol. The number of carbonyl (C=O) groups is 2. The molecule has 0 unspecified atom stereocenters.